The number of amides is 1. The van der Waals surface area contributed by atoms with Gasteiger partial charge in [0, 0.05) is 32.1 Å². The molecule has 3 unspecified atom stereocenters. The zero-order valence-electron chi connectivity index (χ0n) is 20.6. The predicted molar refractivity (Wildman–Crippen MR) is 125 cm³/mol. The van der Waals surface area contributed by atoms with Crippen LogP contribution in [0.4, 0.5) is 4.79 Å². The molecule has 4 saturated heterocycles. The van der Waals surface area contributed by atoms with Gasteiger partial charge < -0.3 is 29.1 Å². The zero-order chi connectivity index (χ0) is 23.2. The number of likely N-dealkylation sites (tertiary alicyclic amines) is 2. The number of epoxide rings is 2. The van der Waals surface area contributed by atoms with E-state index in [4.69, 9.17) is 14.2 Å². The fraction of sp³-hybridized carbons (Fsp3) is 0.885. The molecular weight excluding hydrogens is 420 g/mol. The van der Waals surface area contributed by atoms with Crippen LogP contribution in [-0.2, 0) is 14.2 Å². The first-order valence-electron chi connectivity index (χ1n) is 13.1. The molecule has 1 N–H and O–H groups in total. The molecule has 0 radical (unpaired) electrons. The van der Waals surface area contributed by atoms with E-state index in [1.807, 2.05) is 4.90 Å². The highest BCUT2D eigenvalue weighted by Crippen LogP contribution is 2.59. The van der Waals surface area contributed by atoms with E-state index in [0.717, 1.165) is 84.3 Å². The van der Waals surface area contributed by atoms with Crippen LogP contribution >= 0.6 is 0 Å². The third-order valence-corrected chi connectivity index (χ3v) is 8.84. The van der Waals surface area contributed by atoms with E-state index < -0.39 is 0 Å². The Morgan fingerprint density at radius 1 is 1.21 bits per heavy atom. The van der Waals surface area contributed by atoms with Crippen molar-refractivity contribution in [3.05, 3.63) is 11.6 Å². The van der Waals surface area contributed by atoms with Crippen LogP contribution in [0.2, 0.25) is 0 Å². The minimum Gasteiger partial charge on any atom is -0.446 e. The van der Waals surface area contributed by atoms with Crippen LogP contribution in [0.5, 0.6) is 0 Å². The summed E-state index contributed by atoms with van der Waals surface area (Å²) in [6.07, 6.45) is 8.71. The number of aliphatic hydroxyl groups excluding tert-OH is 1. The monoisotopic (exact) mass is 462 g/mol. The Kier molecular flexibility index (Phi) is 6.53. The number of carbonyl (C=O) groups is 1. The Hall–Kier alpha value is -1.15. The average molecular weight is 463 g/mol. The first-order valence-corrected chi connectivity index (χ1v) is 13.1. The third-order valence-electron chi connectivity index (χ3n) is 8.84. The number of ether oxygens (including phenoxy) is 3. The van der Waals surface area contributed by atoms with E-state index in [1.165, 1.54) is 5.57 Å². The molecule has 0 aromatic heterocycles. The van der Waals surface area contributed by atoms with E-state index in [1.54, 1.807) is 0 Å². The fourth-order valence-electron chi connectivity index (χ4n) is 6.31. The van der Waals surface area contributed by atoms with Gasteiger partial charge in [-0.15, -0.1) is 0 Å². The standard InChI is InChI=1S/C26H42N2O5/c1-18(2)4-5-23-25(3,33-23)22-14-21(6-10-26(22)17-31-26)32-24(30)28-15-19(16-28)7-11-27-12-8-20(29)9-13-27/h4,19-23,29H,5-17H2,1-3H3/t21?,22?,23-,25-,26?/m1/s1. The summed E-state index contributed by atoms with van der Waals surface area (Å²) < 4.78 is 18.1. The lowest BCUT2D eigenvalue weighted by molar-refractivity contribution is -0.0236. The van der Waals surface area contributed by atoms with Crippen LogP contribution in [0.3, 0.4) is 0 Å². The van der Waals surface area contributed by atoms with Crippen molar-refractivity contribution in [1.82, 2.24) is 9.80 Å². The Labute approximate surface area is 198 Å². The number of hydrogen-bond donors (Lipinski definition) is 1. The number of hydrogen-bond acceptors (Lipinski definition) is 6. The lowest BCUT2D eigenvalue weighted by atomic mass is 9.70. The number of carbonyl (C=O) groups excluding carboxylic acids is 1. The molecule has 0 bridgehead atoms. The van der Waals surface area contributed by atoms with Crippen molar-refractivity contribution in [1.29, 1.82) is 0 Å². The molecule has 7 heteroatoms. The van der Waals surface area contributed by atoms with Crippen molar-refractivity contribution >= 4 is 6.09 Å². The summed E-state index contributed by atoms with van der Waals surface area (Å²) in [5.74, 6) is 0.862. The summed E-state index contributed by atoms with van der Waals surface area (Å²) in [7, 11) is 0. The quantitative estimate of drug-likeness (QED) is 0.462. The fourth-order valence-corrected chi connectivity index (χ4v) is 6.31. The molecule has 5 atom stereocenters. The number of piperidine rings is 1. The SMILES string of the molecule is CC(C)=CC[C@H]1O[C@]1(C)C1CC(OC(=O)N2CC(CCN3CCC(O)CC3)C2)CCC12CO2. The van der Waals surface area contributed by atoms with Crippen LogP contribution in [-0.4, -0.2) is 89.8 Å². The Morgan fingerprint density at radius 2 is 1.94 bits per heavy atom. The summed E-state index contributed by atoms with van der Waals surface area (Å²) in [6.45, 7) is 12.0. The van der Waals surface area contributed by atoms with Gasteiger partial charge in [0.05, 0.1) is 30.0 Å². The summed E-state index contributed by atoms with van der Waals surface area (Å²) in [5, 5.41) is 9.64. The number of allylic oxidation sites excluding steroid dienone is 1. The summed E-state index contributed by atoms with van der Waals surface area (Å²) in [5.41, 5.74) is 1.10. The minimum absolute atomic E-state index is 0.0405. The van der Waals surface area contributed by atoms with Gasteiger partial charge in [0.2, 0.25) is 0 Å². The topological polar surface area (TPSA) is 78.1 Å². The van der Waals surface area contributed by atoms with E-state index in [-0.39, 0.29) is 35.6 Å². The summed E-state index contributed by atoms with van der Waals surface area (Å²) >= 11 is 0. The molecule has 33 heavy (non-hydrogen) atoms. The number of aliphatic hydroxyl groups is 1. The van der Waals surface area contributed by atoms with Gasteiger partial charge in [-0.2, -0.15) is 0 Å². The van der Waals surface area contributed by atoms with Crippen molar-refractivity contribution in [2.75, 3.05) is 39.3 Å². The van der Waals surface area contributed by atoms with Crippen LogP contribution in [0.15, 0.2) is 11.6 Å². The molecule has 4 heterocycles. The highest BCUT2D eigenvalue weighted by Gasteiger charge is 2.68. The second-order valence-corrected chi connectivity index (χ2v) is 11.6. The van der Waals surface area contributed by atoms with Gasteiger partial charge in [0.15, 0.2) is 0 Å². The van der Waals surface area contributed by atoms with Gasteiger partial charge >= 0.3 is 6.09 Å². The molecule has 1 saturated carbocycles. The first-order chi connectivity index (χ1) is 15.8. The maximum absolute atomic E-state index is 12.8. The molecule has 5 fully saturated rings. The van der Waals surface area contributed by atoms with Crippen LogP contribution < -0.4 is 0 Å². The van der Waals surface area contributed by atoms with E-state index in [0.29, 0.717) is 11.8 Å². The highest BCUT2D eigenvalue weighted by atomic mass is 16.6. The molecule has 5 aliphatic rings. The summed E-state index contributed by atoms with van der Waals surface area (Å²) in [6, 6.07) is 0. The number of rotatable bonds is 7. The maximum Gasteiger partial charge on any atom is 0.410 e. The lowest BCUT2D eigenvalue weighted by Crippen LogP contribution is -2.52. The maximum atomic E-state index is 12.8. The van der Waals surface area contributed by atoms with E-state index in [9.17, 15) is 9.90 Å². The Morgan fingerprint density at radius 3 is 2.61 bits per heavy atom. The van der Waals surface area contributed by atoms with Crippen LogP contribution in [0.1, 0.15) is 65.7 Å². The zero-order valence-corrected chi connectivity index (χ0v) is 20.6. The van der Waals surface area contributed by atoms with Crippen molar-refractivity contribution in [2.45, 2.75) is 95.2 Å². The summed E-state index contributed by atoms with van der Waals surface area (Å²) in [4.78, 5) is 17.1. The molecule has 1 aliphatic carbocycles. The smallest absolute Gasteiger partial charge is 0.410 e. The highest BCUT2D eigenvalue weighted by molar-refractivity contribution is 5.68. The molecule has 0 aromatic carbocycles. The van der Waals surface area contributed by atoms with Gasteiger partial charge in [-0.1, -0.05) is 11.6 Å². The number of nitrogens with zero attached hydrogens (tertiary/aromatic N) is 2. The largest absolute Gasteiger partial charge is 0.446 e. The van der Waals surface area contributed by atoms with E-state index >= 15 is 0 Å². The van der Waals surface area contributed by atoms with Crippen LogP contribution in [0.25, 0.3) is 0 Å². The second-order valence-electron chi connectivity index (χ2n) is 11.6. The minimum atomic E-state index is -0.167. The van der Waals surface area contributed by atoms with Crippen molar-refractivity contribution in [3.8, 4) is 0 Å². The molecule has 4 aliphatic heterocycles. The van der Waals surface area contributed by atoms with Gasteiger partial charge in [-0.3, -0.25) is 0 Å². The Balaban J connectivity index is 1.06. The average Bonchev–Trinajstić information content (AvgIpc) is 3.66. The van der Waals surface area contributed by atoms with Gasteiger partial charge in [-0.25, -0.2) is 4.79 Å². The van der Waals surface area contributed by atoms with E-state index in [2.05, 4.69) is 31.7 Å². The molecule has 5 rings (SSSR count). The lowest BCUT2D eigenvalue weighted by Gasteiger charge is -2.42. The first kappa shape index (κ1) is 23.6. The molecule has 1 amide bonds. The van der Waals surface area contributed by atoms with Crippen molar-refractivity contribution in [2.24, 2.45) is 11.8 Å². The molecular formula is C26H42N2O5. The van der Waals surface area contributed by atoms with Crippen molar-refractivity contribution < 1.29 is 24.1 Å². The molecule has 7 nitrogen and oxygen atoms in total. The molecule has 186 valence electrons. The third kappa shape index (κ3) is 5.12. The molecule has 0 aromatic rings. The van der Waals surface area contributed by atoms with Gasteiger partial charge in [0.1, 0.15) is 6.10 Å². The van der Waals surface area contributed by atoms with Crippen LogP contribution in [0, 0.1) is 11.8 Å². The molecule has 1 spiro atoms. The van der Waals surface area contributed by atoms with Gasteiger partial charge in [0.25, 0.3) is 0 Å². The van der Waals surface area contributed by atoms with Gasteiger partial charge in [-0.05, 0) is 78.2 Å². The normalized spacial score (nSPS) is 39.3. The van der Waals surface area contributed by atoms with Crippen molar-refractivity contribution in [3.63, 3.8) is 0 Å². The Bertz CT molecular complexity index is 750. The predicted octanol–water partition coefficient (Wildman–Crippen LogP) is 3.35. The second kappa shape index (κ2) is 9.14.